The van der Waals surface area contributed by atoms with E-state index in [1.807, 2.05) is 11.0 Å². The largest absolute Gasteiger partial charge is 0.506 e. The number of likely N-dealkylation sites (N-methyl/N-ethyl adjacent to an activating group) is 1. The minimum Gasteiger partial charge on any atom is -0.506 e. The summed E-state index contributed by atoms with van der Waals surface area (Å²) in [6.45, 7) is 10.7. The zero-order valence-corrected chi connectivity index (χ0v) is 28.8. The zero-order valence-electron chi connectivity index (χ0n) is 28.0. The van der Waals surface area contributed by atoms with Crippen LogP contribution in [0.4, 0.5) is 0 Å². The maximum Gasteiger partial charge on any atom is 0.328 e. The van der Waals surface area contributed by atoms with Crippen molar-refractivity contribution in [2.45, 2.75) is 33.1 Å². The van der Waals surface area contributed by atoms with E-state index in [9.17, 15) is 24.3 Å². The maximum atomic E-state index is 13.2. The number of H-pyrrole nitrogens is 1. The van der Waals surface area contributed by atoms with Crippen LogP contribution in [0.15, 0.2) is 71.5 Å². The lowest BCUT2D eigenvalue weighted by atomic mass is 10.0. The second-order valence-corrected chi connectivity index (χ2v) is 12.1. The molecule has 0 unspecified atom stereocenters. The number of carboxylic acids is 2. The Bertz CT molecular complexity index is 1730. The quantitative estimate of drug-likeness (QED) is 0.0711. The van der Waals surface area contributed by atoms with Crippen molar-refractivity contribution in [3.8, 4) is 5.75 Å². The molecule has 1 heterocycles. The third kappa shape index (κ3) is 13.1. The molecule has 0 spiro atoms. The average Bonchev–Trinajstić information content (AvgIpc) is 3.50. The van der Waals surface area contributed by atoms with Gasteiger partial charge >= 0.3 is 16.8 Å². The number of hydrogen-bond donors (Lipinski definition) is 5. The van der Waals surface area contributed by atoms with Crippen molar-refractivity contribution >= 4 is 50.2 Å². The molecule has 0 fully saturated rings. The van der Waals surface area contributed by atoms with E-state index in [0.29, 0.717) is 63.5 Å². The second-order valence-electron chi connectivity index (χ2n) is 11.1. The first-order valence-corrected chi connectivity index (χ1v) is 17.2. The summed E-state index contributed by atoms with van der Waals surface area (Å²) in [6.07, 6.45) is 3.02. The van der Waals surface area contributed by atoms with E-state index in [-0.39, 0.29) is 16.5 Å². The summed E-state index contributed by atoms with van der Waals surface area (Å²) in [7, 11) is 0. The van der Waals surface area contributed by atoms with Crippen molar-refractivity contribution < 1.29 is 34.4 Å². The third-order valence-electron chi connectivity index (χ3n) is 7.93. The van der Waals surface area contributed by atoms with Crippen molar-refractivity contribution in [3.63, 3.8) is 0 Å². The summed E-state index contributed by atoms with van der Waals surface area (Å²) < 4.78 is 6.70. The van der Waals surface area contributed by atoms with Gasteiger partial charge in [0.05, 0.1) is 24.3 Å². The number of nitrogens with zero attached hydrogens (tertiary/aromatic N) is 2. The lowest BCUT2D eigenvalue weighted by Gasteiger charge is -2.27. The van der Waals surface area contributed by atoms with Crippen LogP contribution in [-0.2, 0) is 32.0 Å². The highest BCUT2D eigenvalue weighted by atomic mass is 32.1. The molecule has 0 aliphatic carbocycles. The first-order valence-electron chi connectivity index (χ1n) is 16.4. The van der Waals surface area contributed by atoms with Crippen LogP contribution in [0.2, 0.25) is 0 Å². The molecule has 3 aromatic carbocycles. The van der Waals surface area contributed by atoms with Crippen LogP contribution in [0.1, 0.15) is 31.4 Å². The summed E-state index contributed by atoms with van der Waals surface area (Å²) in [5.41, 5.74) is 2.79. The molecule has 0 bridgehead atoms. The molecule has 4 aromatic rings. The van der Waals surface area contributed by atoms with Crippen molar-refractivity contribution in [1.82, 2.24) is 20.1 Å². The van der Waals surface area contributed by atoms with Gasteiger partial charge in [-0.1, -0.05) is 73.7 Å². The van der Waals surface area contributed by atoms with Gasteiger partial charge in [-0.25, -0.2) is 9.59 Å². The van der Waals surface area contributed by atoms with Crippen LogP contribution < -0.4 is 10.2 Å². The van der Waals surface area contributed by atoms with Gasteiger partial charge in [0, 0.05) is 38.3 Å². The Kier molecular flexibility index (Phi) is 16.4. The van der Waals surface area contributed by atoms with E-state index in [1.165, 1.54) is 16.3 Å². The number of rotatable bonds is 19. The molecule has 0 atom stereocenters. The lowest BCUT2D eigenvalue weighted by Crippen LogP contribution is -2.42. The van der Waals surface area contributed by atoms with Crippen molar-refractivity contribution in [1.29, 1.82) is 0 Å². The molecule has 4 rings (SSSR count). The molecule has 12 nitrogen and oxygen atoms in total. The number of aliphatic carboxylic acids is 2. The van der Waals surface area contributed by atoms with E-state index in [1.54, 1.807) is 6.07 Å². The highest BCUT2D eigenvalue weighted by Crippen LogP contribution is 2.27. The SMILES string of the molecule is CCN(CC)CCN(CCNCCc1ccc(O)c2[nH]c(=O)sc12)C(=O)CCOCCc1cccc2ccccc12.O=C(O)/C=C\C(=O)O. The minimum atomic E-state index is -1.26. The number of nitrogens with one attached hydrogen (secondary N) is 2. The molecular formula is C36H46N4O8S. The molecule has 0 aliphatic heterocycles. The summed E-state index contributed by atoms with van der Waals surface area (Å²) in [4.78, 5) is 50.8. The molecule has 0 radical (unpaired) electrons. The fourth-order valence-electron chi connectivity index (χ4n) is 5.25. The summed E-state index contributed by atoms with van der Waals surface area (Å²) in [6, 6.07) is 18.2. The number of phenolic OH excluding ortho intramolecular Hbond substituents is 1. The van der Waals surface area contributed by atoms with Crippen LogP contribution >= 0.6 is 11.3 Å². The number of aromatic nitrogens is 1. The van der Waals surface area contributed by atoms with Gasteiger partial charge in [-0.15, -0.1) is 0 Å². The number of carbonyl (C=O) groups excluding carboxylic acids is 1. The Morgan fingerprint density at radius 2 is 1.57 bits per heavy atom. The van der Waals surface area contributed by atoms with Crippen LogP contribution in [0.25, 0.3) is 21.0 Å². The second kappa shape index (κ2) is 20.7. The Labute approximate surface area is 289 Å². The number of benzene rings is 3. The van der Waals surface area contributed by atoms with E-state index in [0.717, 1.165) is 54.1 Å². The Morgan fingerprint density at radius 1 is 0.857 bits per heavy atom. The van der Waals surface area contributed by atoms with E-state index < -0.39 is 11.9 Å². The molecular weight excluding hydrogens is 648 g/mol. The standard InChI is InChI=1S/C32H42N4O4S.C4H4O4/c1-3-35(4-2)20-21-36(19-18-33-17-14-26-12-13-28(37)30-31(26)41-32(39)34-30)29(38)16-23-40-22-15-25-10-7-9-24-8-5-6-11-27(24)25;5-3(6)1-2-4(7)8/h5-13,33,37H,3-4,14-23H2,1-2H3,(H,34,39);1-2H,(H,5,6)(H,7,8)/b;2-1-. The Hall–Kier alpha value is -4.56. The zero-order chi connectivity index (χ0) is 35.6. The van der Waals surface area contributed by atoms with Gasteiger partial charge in [0.15, 0.2) is 0 Å². The number of aromatic amines is 1. The maximum absolute atomic E-state index is 13.2. The smallest absolute Gasteiger partial charge is 0.328 e. The summed E-state index contributed by atoms with van der Waals surface area (Å²) in [5, 5.41) is 31.6. The number of fused-ring (bicyclic) bond motifs is 2. The number of aromatic hydroxyl groups is 1. The van der Waals surface area contributed by atoms with Gasteiger partial charge in [-0.05, 0) is 60.4 Å². The minimum absolute atomic E-state index is 0.0926. The Morgan fingerprint density at radius 3 is 2.29 bits per heavy atom. The molecule has 264 valence electrons. The normalized spacial score (nSPS) is 11.2. The predicted molar refractivity (Wildman–Crippen MR) is 193 cm³/mol. The van der Waals surface area contributed by atoms with Gasteiger partial charge in [0.2, 0.25) is 5.91 Å². The van der Waals surface area contributed by atoms with Crippen molar-refractivity contribution in [2.24, 2.45) is 0 Å². The third-order valence-corrected chi connectivity index (χ3v) is 8.88. The van der Waals surface area contributed by atoms with Gasteiger partial charge in [0.1, 0.15) is 11.3 Å². The van der Waals surface area contributed by atoms with Crippen molar-refractivity contribution in [3.05, 3.63) is 87.5 Å². The van der Waals surface area contributed by atoms with Crippen LogP contribution in [0.3, 0.4) is 0 Å². The van der Waals surface area contributed by atoms with E-state index in [2.05, 4.69) is 71.5 Å². The number of phenols is 1. The molecule has 1 aromatic heterocycles. The lowest BCUT2D eigenvalue weighted by molar-refractivity contribution is -0.134. The number of thiazole rings is 1. The number of hydrogen-bond acceptors (Lipinski definition) is 9. The monoisotopic (exact) mass is 694 g/mol. The number of carboxylic acid groups (broad SMARTS) is 2. The molecule has 49 heavy (non-hydrogen) atoms. The number of amides is 1. The summed E-state index contributed by atoms with van der Waals surface area (Å²) in [5.74, 6) is -2.31. The van der Waals surface area contributed by atoms with Gasteiger partial charge in [-0.2, -0.15) is 0 Å². The molecule has 5 N–H and O–H groups in total. The van der Waals surface area contributed by atoms with Crippen molar-refractivity contribution in [2.75, 3.05) is 59.0 Å². The van der Waals surface area contributed by atoms with Gasteiger partial charge in [-0.3, -0.25) is 9.59 Å². The summed E-state index contributed by atoms with van der Waals surface area (Å²) >= 11 is 1.12. The molecule has 0 saturated heterocycles. The molecule has 1 amide bonds. The highest BCUT2D eigenvalue weighted by Gasteiger charge is 2.15. The first-order chi connectivity index (χ1) is 23.6. The van der Waals surface area contributed by atoms with E-state index >= 15 is 0 Å². The molecule has 0 aliphatic rings. The van der Waals surface area contributed by atoms with E-state index in [4.69, 9.17) is 14.9 Å². The predicted octanol–water partition coefficient (Wildman–Crippen LogP) is 4.11. The fourth-order valence-corrected chi connectivity index (χ4v) is 6.15. The Balaban J connectivity index is 0.000000723. The first kappa shape index (κ1) is 38.9. The van der Waals surface area contributed by atoms with Gasteiger partial charge in [0.25, 0.3) is 0 Å². The number of ether oxygens (including phenoxy) is 1. The van der Waals surface area contributed by atoms with Crippen LogP contribution in [-0.4, -0.2) is 107 Å². The average molecular weight is 695 g/mol. The van der Waals surface area contributed by atoms with Crippen LogP contribution in [0.5, 0.6) is 5.75 Å². The molecule has 0 saturated carbocycles. The molecule has 13 heteroatoms. The number of carbonyl (C=O) groups is 3. The van der Waals surface area contributed by atoms with Gasteiger partial charge < -0.3 is 40.2 Å². The highest BCUT2D eigenvalue weighted by molar-refractivity contribution is 7.16. The topological polar surface area (TPSA) is 172 Å². The fraction of sp³-hybridized carbons (Fsp3) is 0.389. The van der Waals surface area contributed by atoms with Crippen LogP contribution in [0, 0.1) is 0 Å².